The molecule has 6 atom stereocenters. The zero-order chi connectivity index (χ0) is 22.8. The highest BCUT2D eigenvalue weighted by atomic mass is 32.2. The summed E-state index contributed by atoms with van der Waals surface area (Å²) in [5.74, 6) is 6.65. The number of hydrogen-bond donors (Lipinski definition) is 0. The highest BCUT2D eigenvalue weighted by Gasteiger charge is 2.32. The van der Waals surface area contributed by atoms with Crippen molar-refractivity contribution in [2.24, 2.45) is 0 Å². The van der Waals surface area contributed by atoms with Crippen molar-refractivity contribution in [3.05, 3.63) is 25.3 Å². The molecule has 32 heavy (non-hydrogen) atoms. The molecular weight excluding hydrogens is 553 g/mol. The van der Waals surface area contributed by atoms with Gasteiger partial charge in [-0.25, -0.2) is 0 Å². The third-order valence-electron chi connectivity index (χ3n) is 5.32. The van der Waals surface area contributed by atoms with Crippen LogP contribution >= 0.6 is 94.1 Å². The van der Waals surface area contributed by atoms with Crippen molar-refractivity contribution in [2.75, 3.05) is 34.5 Å². The molecule has 3 aliphatic rings. The first-order valence-electron chi connectivity index (χ1n) is 10.9. The van der Waals surface area contributed by atoms with Crippen LogP contribution in [0.1, 0.15) is 25.7 Å². The van der Waals surface area contributed by atoms with E-state index in [4.69, 9.17) is 0 Å². The predicted molar refractivity (Wildman–Crippen MR) is 162 cm³/mol. The minimum Gasteiger partial charge on any atom is -0.282 e. The number of thioether (sulfide) groups is 8. The molecule has 0 radical (unpaired) electrons. The average Bonchev–Trinajstić information content (AvgIpc) is 3.48. The molecule has 0 amide bonds. The van der Waals surface area contributed by atoms with Crippen LogP contribution in [0.25, 0.3) is 0 Å². The Morgan fingerprint density at radius 2 is 1.19 bits per heavy atom. The van der Waals surface area contributed by atoms with Crippen LogP contribution in [0.5, 0.6) is 0 Å². The van der Waals surface area contributed by atoms with E-state index in [0.717, 1.165) is 22.0 Å². The van der Waals surface area contributed by atoms with E-state index in [1.54, 1.807) is 0 Å². The van der Waals surface area contributed by atoms with E-state index in [1.807, 2.05) is 0 Å². The van der Waals surface area contributed by atoms with Crippen LogP contribution < -0.4 is 0 Å². The van der Waals surface area contributed by atoms with Crippen molar-refractivity contribution in [1.82, 2.24) is 0 Å². The molecule has 180 valence electrons. The van der Waals surface area contributed by atoms with E-state index in [0.29, 0.717) is 19.7 Å². The van der Waals surface area contributed by atoms with Gasteiger partial charge in [0.2, 0.25) is 10.2 Å². The van der Waals surface area contributed by atoms with Gasteiger partial charge in [-0.15, -0.1) is 47.0 Å². The minimum atomic E-state index is 0.101. The molecule has 1 aliphatic carbocycles. The molecule has 0 aromatic rings. The number of hydrogen-bond acceptors (Lipinski definition) is 10. The van der Waals surface area contributed by atoms with Crippen molar-refractivity contribution < 1.29 is 9.59 Å². The summed E-state index contributed by atoms with van der Waals surface area (Å²) in [7, 11) is 0. The normalized spacial score (nSPS) is 32.6. The van der Waals surface area contributed by atoms with E-state index < -0.39 is 0 Å². The lowest BCUT2D eigenvalue weighted by Crippen LogP contribution is -2.26. The fourth-order valence-corrected chi connectivity index (χ4v) is 16.3. The molecule has 0 bridgehead atoms. The Morgan fingerprint density at radius 1 is 0.750 bits per heavy atom. The summed E-state index contributed by atoms with van der Waals surface area (Å²) >= 11 is 15.6. The summed E-state index contributed by atoms with van der Waals surface area (Å²) in [4.78, 5) is 22.9. The fourth-order valence-electron chi connectivity index (χ4n) is 3.68. The van der Waals surface area contributed by atoms with Crippen molar-refractivity contribution in [2.45, 2.75) is 55.8 Å². The molecule has 0 aromatic heterocycles. The quantitative estimate of drug-likeness (QED) is 0.224. The van der Waals surface area contributed by atoms with Crippen LogP contribution in [-0.2, 0) is 9.59 Å². The second-order valence-electron chi connectivity index (χ2n) is 7.74. The predicted octanol–water partition coefficient (Wildman–Crippen LogP) is 7.01. The molecule has 3 fully saturated rings. The molecule has 1 saturated carbocycles. The first-order chi connectivity index (χ1) is 15.6. The summed E-state index contributed by atoms with van der Waals surface area (Å²) in [6.45, 7) is 7.13. The Morgan fingerprint density at radius 3 is 1.59 bits per heavy atom. The number of carbonyl (C=O) groups excluding carboxylic acids is 2. The maximum Gasteiger partial charge on any atom is 0.211 e. The summed E-state index contributed by atoms with van der Waals surface area (Å²) in [6, 6.07) is 0. The Balaban J connectivity index is 1.33. The lowest BCUT2D eigenvalue weighted by molar-refractivity contribution is -0.107. The zero-order valence-electron chi connectivity index (χ0n) is 18.2. The van der Waals surface area contributed by atoms with Gasteiger partial charge < -0.3 is 0 Å². The fraction of sp³-hybridized carbons (Fsp3) is 0.727. The van der Waals surface area contributed by atoms with Gasteiger partial charge in [-0.3, -0.25) is 9.59 Å². The molecular formula is C22H32O2S8. The van der Waals surface area contributed by atoms with Crippen LogP contribution in [0.15, 0.2) is 25.3 Å². The van der Waals surface area contributed by atoms with Crippen molar-refractivity contribution in [3.63, 3.8) is 0 Å². The molecule has 2 heterocycles. The molecule has 0 spiro atoms. The Hall–Kier alpha value is 1.62. The Labute approximate surface area is 227 Å². The van der Waals surface area contributed by atoms with Crippen LogP contribution in [0, 0.1) is 0 Å². The smallest absolute Gasteiger partial charge is 0.211 e. The molecule has 2 nitrogen and oxygen atoms in total. The maximum absolute atomic E-state index is 11.5. The third kappa shape index (κ3) is 9.94. The first kappa shape index (κ1) is 28.2. The second kappa shape index (κ2) is 15.7. The average molecular weight is 585 g/mol. The van der Waals surface area contributed by atoms with Crippen molar-refractivity contribution in [3.8, 4) is 0 Å². The SMILES string of the molecule is C=CC(=O)SCC1CSC(CSC2CCCCC2SCC2SCC(CSC(=O)C=C)S2)S1. The van der Waals surface area contributed by atoms with Gasteiger partial charge in [0.1, 0.15) is 0 Å². The van der Waals surface area contributed by atoms with Crippen LogP contribution in [0.4, 0.5) is 0 Å². The molecule has 0 N–H and O–H groups in total. The van der Waals surface area contributed by atoms with Crippen molar-refractivity contribution >= 4 is 104 Å². The van der Waals surface area contributed by atoms with Gasteiger partial charge in [0.05, 0.1) is 9.16 Å². The molecule has 10 heteroatoms. The highest BCUT2D eigenvalue weighted by molar-refractivity contribution is 8.23. The number of carbonyl (C=O) groups is 2. The van der Waals surface area contributed by atoms with Crippen molar-refractivity contribution in [1.29, 1.82) is 0 Å². The standard InChI is InChI=1S/C22H32O2S8/c1-3-19(23)27-9-15-11-29-21(31-15)13-25-17-7-5-6-8-18(17)26-14-22-30-12-16(32-22)10-28-20(24)4-2/h3-4,15-18,21-22H,1-2,5-14H2. The monoisotopic (exact) mass is 584 g/mol. The van der Waals surface area contributed by atoms with Crippen LogP contribution in [-0.4, -0.2) is 74.9 Å². The molecule has 0 aromatic carbocycles. The van der Waals surface area contributed by atoms with Crippen LogP contribution in [0.2, 0.25) is 0 Å². The molecule has 2 aliphatic heterocycles. The van der Waals surface area contributed by atoms with Gasteiger partial charge in [-0.2, -0.15) is 23.5 Å². The van der Waals surface area contributed by atoms with E-state index in [2.05, 4.69) is 83.7 Å². The summed E-state index contributed by atoms with van der Waals surface area (Å²) in [5.41, 5.74) is 0. The summed E-state index contributed by atoms with van der Waals surface area (Å²) in [5, 5.41) is 2.98. The summed E-state index contributed by atoms with van der Waals surface area (Å²) < 4.78 is 1.35. The van der Waals surface area contributed by atoms with E-state index in [-0.39, 0.29) is 10.2 Å². The van der Waals surface area contributed by atoms with E-state index in [9.17, 15) is 9.59 Å². The highest BCUT2D eigenvalue weighted by Crippen LogP contribution is 2.46. The number of rotatable bonds is 12. The molecule has 6 unspecified atom stereocenters. The van der Waals surface area contributed by atoms with Gasteiger partial charge in [-0.1, -0.05) is 49.5 Å². The Bertz CT molecular complexity index is 591. The van der Waals surface area contributed by atoms with E-state index in [1.165, 1.54) is 84.4 Å². The Kier molecular flexibility index (Phi) is 13.8. The van der Waals surface area contributed by atoms with Gasteiger partial charge in [0.25, 0.3) is 0 Å². The maximum atomic E-state index is 11.5. The third-order valence-corrected chi connectivity index (χ3v) is 18.4. The summed E-state index contributed by atoms with van der Waals surface area (Å²) in [6.07, 6.45) is 8.35. The lowest BCUT2D eigenvalue weighted by Gasteiger charge is -2.31. The second-order valence-corrected chi connectivity index (χ2v) is 18.4. The van der Waals surface area contributed by atoms with Gasteiger partial charge >= 0.3 is 0 Å². The lowest BCUT2D eigenvalue weighted by atomic mass is 10.00. The zero-order valence-corrected chi connectivity index (χ0v) is 24.7. The largest absolute Gasteiger partial charge is 0.282 e. The topological polar surface area (TPSA) is 34.1 Å². The van der Waals surface area contributed by atoms with Gasteiger partial charge in [-0.05, 0) is 25.0 Å². The van der Waals surface area contributed by atoms with Gasteiger partial charge in [0, 0.05) is 55.5 Å². The van der Waals surface area contributed by atoms with Gasteiger partial charge in [0.15, 0.2) is 0 Å². The van der Waals surface area contributed by atoms with E-state index >= 15 is 0 Å². The first-order valence-corrected chi connectivity index (χ1v) is 19.0. The minimum absolute atomic E-state index is 0.101. The molecule has 3 rings (SSSR count). The molecule has 2 saturated heterocycles. The van der Waals surface area contributed by atoms with Crippen LogP contribution in [0.3, 0.4) is 0 Å².